The SMILES string of the molecule is O=S(=O)([O-])c1cc(S(=O)(=O)[O-])c2cc1Nc1nc(NCc3ccccc3)nc(n1)NCc1cccc(c1)CNc1nc(NCc3ccccc3)nc(n1)N2.[Na+].[Na+]. The van der Waals surface area contributed by atoms with E-state index in [1.807, 2.05) is 84.9 Å². The Morgan fingerprint density at radius 3 is 1.34 bits per heavy atom. The van der Waals surface area contributed by atoms with Crippen molar-refractivity contribution in [3.63, 3.8) is 0 Å². The minimum atomic E-state index is -5.39. The summed E-state index contributed by atoms with van der Waals surface area (Å²) in [5, 5.41) is 17.9. The maximum Gasteiger partial charge on any atom is 1.00 e. The van der Waals surface area contributed by atoms with Crippen LogP contribution in [-0.4, -0.2) is 55.8 Å². The summed E-state index contributed by atoms with van der Waals surface area (Å²) in [5.41, 5.74) is 2.67. The largest absolute Gasteiger partial charge is 1.00 e. The van der Waals surface area contributed by atoms with Gasteiger partial charge in [0.25, 0.3) is 0 Å². The predicted octanol–water partition coefficient (Wildman–Crippen LogP) is -1.88. The Labute approximate surface area is 366 Å². The first-order valence-corrected chi connectivity index (χ1v) is 19.0. The van der Waals surface area contributed by atoms with Crippen molar-refractivity contribution in [3.8, 4) is 0 Å². The molecule has 6 N–H and O–H groups in total. The van der Waals surface area contributed by atoms with Crippen molar-refractivity contribution in [2.45, 2.75) is 36.0 Å². The van der Waals surface area contributed by atoms with E-state index in [9.17, 15) is 25.9 Å². The molecule has 18 nitrogen and oxygen atoms in total. The molecule has 4 aromatic carbocycles. The van der Waals surface area contributed by atoms with Crippen LogP contribution in [0.3, 0.4) is 0 Å². The molecule has 1 aliphatic rings. The molecule has 2 aromatic heterocycles. The second kappa shape index (κ2) is 18.6. The van der Waals surface area contributed by atoms with E-state index in [0.29, 0.717) is 19.2 Å². The minimum Gasteiger partial charge on any atom is -0.744 e. The van der Waals surface area contributed by atoms with Crippen LogP contribution in [0.4, 0.5) is 47.1 Å². The Kier molecular flexibility index (Phi) is 14.2. The molecule has 56 heavy (non-hydrogen) atoms. The quantitative estimate of drug-likeness (QED) is 0.0726. The van der Waals surface area contributed by atoms with Crippen molar-refractivity contribution in [3.05, 3.63) is 119 Å². The van der Waals surface area contributed by atoms with Gasteiger partial charge in [0.05, 0.1) is 21.2 Å². The summed E-state index contributed by atoms with van der Waals surface area (Å²) in [6.07, 6.45) is 0. The van der Waals surface area contributed by atoms with E-state index in [2.05, 4.69) is 61.8 Å². The van der Waals surface area contributed by atoms with E-state index < -0.39 is 41.4 Å². The van der Waals surface area contributed by atoms with Crippen LogP contribution in [-0.2, 0) is 46.4 Å². The molecule has 6 aromatic rings. The molecule has 0 spiro atoms. The molecule has 0 amide bonds. The molecule has 1 aliphatic heterocycles. The molecule has 7 rings (SSSR count). The zero-order valence-corrected chi connectivity index (χ0v) is 35.6. The Morgan fingerprint density at radius 1 is 0.518 bits per heavy atom. The molecular weight excluding hydrogens is 783 g/mol. The number of rotatable bonds is 8. The summed E-state index contributed by atoms with van der Waals surface area (Å²) >= 11 is 0. The van der Waals surface area contributed by atoms with E-state index >= 15 is 0 Å². The Balaban J connectivity index is 0.00000300. The Bertz CT molecular complexity index is 2380. The predicted molar refractivity (Wildman–Crippen MR) is 197 cm³/mol. The van der Waals surface area contributed by atoms with Crippen LogP contribution in [0.1, 0.15) is 22.3 Å². The Morgan fingerprint density at radius 2 is 0.929 bits per heavy atom. The van der Waals surface area contributed by atoms with Gasteiger partial charge in [0, 0.05) is 26.2 Å². The number of hydrogen-bond donors (Lipinski definition) is 6. The third kappa shape index (κ3) is 11.3. The summed E-state index contributed by atoms with van der Waals surface area (Å²) in [4.78, 5) is 24.3. The first-order valence-electron chi connectivity index (χ1n) is 16.2. The summed E-state index contributed by atoms with van der Waals surface area (Å²) in [6, 6.07) is 27.8. The van der Waals surface area contributed by atoms with Crippen LogP contribution >= 0.6 is 0 Å². The number of fused-ring (bicyclic) bond motifs is 8. The van der Waals surface area contributed by atoms with Crippen LogP contribution in [0.15, 0.2) is 107 Å². The van der Waals surface area contributed by atoms with Gasteiger partial charge in [-0.25, -0.2) is 16.8 Å². The summed E-state index contributed by atoms with van der Waals surface area (Å²) in [6.45, 7) is 1.17. The molecular formula is C34H30N12Na2O6S2. The first kappa shape index (κ1) is 42.7. The fourth-order valence-electron chi connectivity index (χ4n) is 5.36. The van der Waals surface area contributed by atoms with Gasteiger partial charge in [0.2, 0.25) is 35.7 Å². The fourth-order valence-corrected chi connectivity index (χ4v) is 6.71. The number of nitrogens with zero attached hydrogens (tertiary/aromatic N) is 6. The van der Waals surface area contributed by atoms with Crippen LogP contribution in [0, 0.1) is 0 Å². The van der Waals surface area contributed by atoms with Gasteiger partial charge in [-0.2, -0.15) is 29.9 Å². The van der Waals surface area contributed by atoms with Crippen LogP contribution < -0.4 is 91.0 Å². The molecule has 3 heterocycles. The van der Waals surface area contributed by atoms with Gasteiger partial charge in [0.15, 0.2) is 0 Å². The molecule has 0 saturated carbocycles. The smallest absolute Gasteiger partial charge is 0.744 e. The number of hydrogen-bond acceptors (Lipinski definition) is 18. The van der Waals surface area contributed by atoms with Crippen molar-refractivity contribution in [2.24, 2.45) is 0 Å². The number of anilines is 8. The third-order valence-corrected chi connectivity index (χ3v) is 9.62. The molecule has 0 saturated heterocycles. The number of aromatic nitrogens is 6. The topological polar surface area (TPSA) is 264 Å². The molecule has 276 valence electrons. The first-order chi connectivity index (χ1) is 25.9. The van der Waals surface area contributed by atoms with Crippen LogP contribution in [0.5, 0.6) is 0 Å². The number of nitrogens with one attached hydrogen (secondary N) is 6. The van der Waals surface area contributed by atoms with Crippen molar-refractivity contribution in [1.82, 2.24) is 29.9 Å². The summed E-state index contributed by atoms with van der Waals surface area (Å²) < 4.78 is 75.2. The van der Waals surface area contributed by atoms with Crippen molar-refractivity contribution in [1.29, 1.82) is 0 Å². The average molecular weight is 813 g/mol. The van der Waals surface area contributed by atoms with E-state index in [1.165, 1.54) is 0 Å². The molecule has 22 heteroatoms. The van der Waals surface area contributed by atoms with E-state index in [4.69, 9.17) is 0 Å². The van der Waals surface area contributed by atoms with Gasteiger partial charge in [0.1, 0.15) is 20.2 Å². The second-order valence-corrected chi connectivity index (χ2v) is 14.5. The molecule has 0 unspecified atom stereocenters. The van der Waals surface area contributed by atoms with E-state index in [1.54, 1.807) is 0 Å². The summed E-state index contributed by atoms with van der Waals surface area (Å²) in [7, 11) is -10.8. The van der Waals surface area contributed by atoms with Crippen molar-refractivity contribution >= 4 is 67.3 Å². The van der Waals surface area contributed by atoms with Crippen LogP contribution in [0.25, 0.3) is 0 Å². The average Bonchev–Trinajstić information content (AvgIpc) is 3.14. The third-order valence-electron chi connectivity index (χ3n) is 7.86. The van der Waals surface area contributed by atoms with Gasteiger partial charge in [-0.05, 0) is 34.4 Å². The maximum atomic E-state index is 12.5. The number of benzene rings is 4. The molecule has 0 atom stereocenters. The standard InChI is InChI=1S/C34H32N12O6S2.2Na/c47-53(48,49)27-16-28(54(50,51)52)26-15-25(27)39-33-43-29(35-17-21-8-3-1-4-9-21)41-31(45-33)37-19-23-12-7-13-24(14-23)20-38-32-42-30(44-34(40-26)46-32)36-18-22-10-5-2-6-11-22;;/h1-16H,17-20H2,(H,47,48,49)(H,50,51,52)(H3,35,37,39,41,43,45)(H3,36,38,40,42,44,46);;/q;2*+1/p-2. The fraction of sp³-hybridized carbons (Fsp3) is 0.118. The summed E-state index contributed by atoms with van der Waals surface area (Å²) in [5.74, 6) is -0.0961. The Hall–Kier alpha value is -4.48. The van der Waals surface area contributed by atoms with E-state index in [-0.39, 0.29) is 108 Å². The van der Waals surface area contributed by atoms with Crippen LogP contribution in [0.2, 0.25) is 0 Å². The molecule has 8 bridgehead atoms. The van der Waals surface area contributed by atoms with E-state index in [0.717, 1.165) is 28.3 Å². The van der Waals surface area contributed by atoms with Gasteiger partial charge in [-0.3, -0.25) is 0 Å². The normalized spacial score (nSPS) is 12.3. The molecule has 0 radical (unpaired) electrons. The van der Waals surface area contributed by atoms with Crippen molar-refractivity contribution in [2.75, 3.05) is 31.9 Å². The van der Waals surface area contributed by atoms with Crippen molar-refractivity contribution < 1.29 is 85.1 Å². The zero-order chi connectivity index (χ0) is 37.7. The van der Waals surface area contributed by atoms with Gasteiger partial charge in [-0.15, -0.1) is 0 Å². The van der Waals surface area contributed by atoms with Gasteiger partial charge in [-0.1, -0.05) is 84.9 Å². The second-order valence-electron chi connectivity index (χ2n) is 11.8. The van der Waals surface area contributed by atoms with Gasteiger partial charge < -0.3 is 41.0 Å². The monoisotopic (exact) mass is 812 g/mol. The molecule has 0 fully saturated rings. The maximum absolute atomic E-state index is 12.5. The van der Waals surface area contributed by atoms with Gasteiger partial charge >= 0.3 is 59.1 Å². The zero-order valence-electron chi connectivity index (χ0n) is 30.0. The minimum absolute atomic E-state index is 0. The molecule has 0 aliphatic carbocycles.